The molecule has 0 aliphatic carbocycles. The zero-order valence-corrected chi connectivity index (χ0v) is 8.45. The summed E-state index contributed by atoms with van der Waals surface area (Å²) in [5.74, 6) is 0. The number of nitrogens with zero attached hydrogens (tertiary/aromatic N) is 3. The smallest absolute Gasteiger partial charge is 0.101 e. The SMILES string of the molecule is N#Cc1ccc(-c2cscn2)cc1C#N. The Labute approximate surface area is 90.9 Å². The number of hydrogen-bond acceptors (Lipinski definition) is 4. The van der Waals surface area contributed by atoms with Gasteiger partial charge in [0.2, 0.25) is 0 Å². The normalized spacial score (nSPS) is 9.20. The lowest BCUT2D eigenvalue weighted by Crippen LogP contribution is -1.85. The average molecular weight is 211 g/mol. The highest BCUT2D eigenvalue weighted by Crippen LogP contribution is 2.21. The number of nitriles is 2. The third-order valence-corrected chi connectivity index (χ3v) is 2.58. The van der Waals surface area contributed by atoms with Crippen LogP contribution in [-0.2, 0) is 0 Å². The molecule has 0 fully saturated rings. The highest BCUT2D eigenvalue weighted by Gasteiger charge is 2.05. The Bertz CT molecular complexity index is 559. The Hall–Kier alpha value is -2.17. The molecule has 0 aliphatic rings. The zero-order valence-electron chi connectivity index (χ0n) is 7.64. The zero-order chi connectivity index (χ0) is 10.7. The molecule has 0 bridgehead atoms. The monoisotopic (exact) mass is 211 g/mol. The molecule has 1 heterocycles. The predicted molar refractivity (Wildman–Crippen MR) is 57.0 cm³/mol. The molecule has 3 nitrogen and oxygen atoms in total. The second kappa shape index (κ2) is 3.91. The fourth-order valence-corrected chi connectivity index (χ4v) is 1.81. The van der Waals surface area contributed by atoms with Crippen LogP contribution in [0.15, 0.2) is 29.1 Å². The van der Waals surface area contributed by atoms with Crippen molar-refractivity contribution in [1.82, 2.24) is 4.98 Å². The van der Waals surface area contributed by atoms with E-state index in [1.54, 1.807) is 23.7 Å². The largest absolute Gasteiger partial charge is 0.245 e. The molecule has 4 heteroatoms. The van der Waals surface area contributed by atoms with E-state index >= 15 is 0 Å². The number of rotatable bonds is 1. The van der Waals surface area contributed by atoms with Crippen LogP contribution in [0.25, 0.3) is 11.3 Å². The van der Waals surface area contributed by atoms with Crippen LogP contribution < -0.4 is 0 Å². The molecule has 1 aromatic carbocycles. The topological polar surface area (TPSA) is 60.5 Å². The maximum absolute atomic E-state index is 8.85. The number of hydrogen-bond donors (Lipinski definition) is 0. The molecule has 2 aromatic rings. The molecule has 0 unspecified atom stereocenters. The second-order valence-corrected chi connectivity index (χ2v) is 3.58. The Morgan fingerprint density at radius 1 is 1.13 bits per heavy atom. The first-order valence-electron chi connectivity index (χ1n) is 4.18. The van der Waals surface area contributed by atoms with Crippen LogP contribution in [-0.4, -0.2) is 4.98 Å². The van der Waals surface area contributed by atoms with Gasteiger partial charge in [-0.2, -0.15) is 10.5 Å². The number of benzene rings is 1. The van der Waals surface area contributed by atoms with Crippen molar-refractivity contribution < 1.29 is 0 Å². The van der Waals surface area contributed by atoms with Gasteiger partial charge in [0, 0.05) is 10.9 Å². The summed E-state index contributed by atoms with van der Waals surface area (Å²) in [6, 6.07) is 9.11. The molecule has 0 N–H and O–H groups in total. The van der Waals surface area contributed by atoms with Crippen molar-refractivity contribution in [3.63, 3.8) is 0 Å². The van der Waals surface area contributed by atoms with Crippen molar-refractivity contribution in [1.29, 1.82) is 10.5 Å². The quantitative estimate of drug-likeness (QED) is 0.728. The van der Waals surface area contributed by atoms with Gasteiger partial charge in [-0.25, -0.2) is 4.98 Å². The van der Waals surface area contributed by atoms with E-state index < -0.39 is 0 Å². The van der Waals surface area contributed by atoms with Crippen molar-refractivity contribution in [3.8, 4) is 23.4 Å². The molecule has 0 atom stereocenters. The number of thiazole rings is 1. The van der Waals surface area contributed by atoms with Crippen molar-refractivity contribution in [3.05, 3.63) is 40.2 Å². The van der Waals surface area contributed by atoms with E-state index in [9.17, 15) is 0 Å². The van der Waals surface area contributed by atoms with Crippen LogP contribution in [0.4, 0.5) is 0 Å². The van der Waals surface area contributed by atoms with E-state index in [2.05, 4.69) is 4.98 Å². The second-order valence-electron chi connectivity index (χ2n) is 2.86. The van der Waals surface area contributed by atoms with Gasteiger partial charge in [-0.3, -0.25) is 0 Å². The molecule has 0 amide bonds. The van der Waals surface area contributed by atoms with E-state index in [1.807, 2.05) is 17.5 Å². The van der Waals surface area contributed by atoms with Gasteiger partial charge >= 0.3 is 0 Å². The molecule has 2 rings (SSSR count). The van der Waals surface area contributed by atoms with Gasteiger partial charge < -0.3 is 0 Å². The standard InChI is InChI=1S/C11H5N3S/c12-4-9-2-1-8(3-10(9)5-13)11-6-15-7-14-11/h1-3,6-7H. The summed E-state index contributed by atoms with van der Waals surface area (Å²) in [4.78, 5) is 4.14. The predicted octanol–water partition coefficient (Wildman–Crippen LogP) is 2.55. The molecular weight excluding hydrogens is 206 g/mol. The first-order chi connectivity index (χ1) is 7.35. The fourth-order valence-electron chi connectivity index (χ4n) is 1.25. The van der Waals surface area contributed by atoms with E-state index in [-0.39, 0.29) is 0 Å². The minimum Gasteiger partial charge on any atom is -0.245 e. The van der Waals surface area contributed by atoms with Crippen LogP contribution in [0.5, 0.6) is 0 Å². The summed E-state index contributed by atoms with van der Waals surface area (Å²) in [6.45, 7) is 0. The van der Waals surface area contributed by atoms with E-state index in [4.69, 9.17) is 10.5 Å². The van der Waals surface area contributed by atoms with Gasteiger partial charge in [0.05, 0.1) is 22.3 Å². The van der Waals surface area contributed by atoms with Crippen LogP contribution in [0.2, 0.25) is 0 Å². The minimum atomic E-state index is 0.392. The van der Waals surface area contributed by atoms with Gasteiger partial charge in [0.15, 0.2) is 0 Å². The lowest BCUT2D eigenvalue weighted by molar-refractivity contribution is 1.39. The summed E-state index contributed by atoms with van der Waals surface area (Å²) >= 11 is 1.50. The minimum absolute atomic E-state index is 0.392. The molecule has 0 saturated carbocycles. The van der Waals surface area contributed by atoms with Crippen molar-refractivity contribution in [2.75, 3.05) is 0 Å². The Kier molecular flexibility index (Phi) is 2.45. The highest BCUT2D eigenvalue weighted by molar-refractivity contribution is 7.07. The average Bonchev–Trinajstić information content (AvgIpc) is 2.81. The molecule has 0 aliphatic heterocycles. The van der Waals surface area contributed by atoms with E-state index in [0.717, 1.165) is 11.3 Å². The summed E-state index contributed by atoms with van der Waals surface area (Å²) in [5.41, 5.74) is 4.23. The summed E-state index contributed by atoms with van der Waals surface area (Å²) in [5, 5.41) is 19.5. The number of aromatic nitrogens is 1. The van der Waals surface area contributed by atoms with Crippen molar-refractivity contribution in [2.24, 2.45) is 0 Å². The Morgan fingerprint density at radius 3 is 2.53 bits per heavy atom. The summed E-state index contributed by atoms with van der Waals surface area (Å²) < 4.78 is 0. The van der Waals surface area contributed by atoms with E-state index in [1.165, 1.54) is 11.3 Å². The highest BCUT2D eigenvalue weighted by atomic mass is 32.1. The molecule has 0 spiro atoms. The third kappa shape index (κ3) is 1.71. The van der Waals surface area contributed by atoms with Crippen LogP contribution >= 0.6 is 11.3 Å². The molecule has 1 aromatic heterocycles. The van der Waals surface area contributed by atoms with Crippen LogP contribution in [0.1, 0.15) is 11.1 Å². The fraction of sp³-hybridized carbons (Fsp3) is 0. The van der Waals surface area contributed by atoms with Gasteiger partial charge in [-0.1, -0.05) is 6.07 Å². The molecular formula is C11H5N3S. The third-order valence-electron chi connectivity index (χ3n) is 1.99. The maximum atomic E-state index is 8.85. The van der Waals surface area contributed by atoms with Crippen LogP contribution in [0, 0.1) is 22.7 Å². The lowest BCUT2D eigenvalue weighted by Gasteiger charge is -1.98. The molecule has 0 saturated heterocycles. The van der Waals surface area contributed by atoms with Gasteiger partial charge in [-0.15, -0.1) is 11.3 Å². The molecule has 70 valence electrons. The van der Waals surface area contributed by atoms with Gasteiger partial charge in [0.25, 0.3) is 0 Å². The summed E-state index contributed by atoms with van der Waals surface area (Å²) in [7, 11) is 0. The van der Waals surface area contributed by atoms with Gasteiger partial charge in [-0.05, 0) is 12.1 Å². The lowest BCUT2D eigenvalue weighted by atomic mass is 10.0. The van der Waals surface area contributed by atoms with Gasteiger partial charge in [0.1, 0.15) is 12.1 Å². The molecule has 15 heavy (non-hydrogen) atoms. The Morgan fingerprint density at radius 2 is 1.93 bits per heavy atom. The first kappa shape index (κ1) is 9.39. The van der Waals surface area contributed by atoms with Crippen molar-refractivity contribution in [2.45, 2.75) is 0 Å². The van der Waals surface area contributed by atoms with E-state index in [0.29, 0.717) is 11.1 Å². The summed E-state index contributed by atoms with van der Waals surface area (Å²) in [6.07, 6.45) is 0. The Balaban J connectivity index is 2.56. The first-order valence-corrected chi connectivity index (χ1v) is 5.12. The maximum Gasteiger partial charge on any atom is 0.101 e. The van der Waals surface area contributed by atoms with Crippen molar-refractivity contribution >= 4 is 11.3 Å². The molecule has 0 radical (unpaired) electrons. The van der Waals surface area contributed by atoms with Crippen LogP contribution in [0.3, 0.4) is 0 Å².